The second-order valence-electron chi connectivity index (χ2n) is 5.30. The third kappa shape index (κ3) is 3.80. The number of amides is 1. The van der Waals surface area contributed by atoms with Crippen molar-refractivity contribution in [3.8, 4) is 0 Å². The van der Waals surface area contributed by atoms with E-state index < -0.39 is 0 Å². The van der Waals surface area contributed by atoms with Crippen molar-refractivity contribution < 1.29 is 4.79 Å². The first-order valence-electron chi connectivity index (χ1n) is 7.21. The minimum atomic E-state index is 0.247. The molecule has 1 saturated carbocycles. The molecule has 0 atom stereocenters. The van der Waals surface area contributed by atoms with Gasteiger partial charge < -0.3 is 15.2 Å². The van der Waals surface area contributed by atoms with Gasteiger partial charge in [0.1, 0.15) is 0 Å². The van der Waals surface area contributed by atoms with E-state index in [4.69, 9.17) is 5.73 Å². The van der Waals surface area contributed by atoms with Crippen LogP contribution < -0.4 is 5.73 Å². The van der Waals surface area contributed by atoms with Crippen molar-refractivity contribution in [1.82, 2.24) is 14.5 Å². The third-order valence-electron chi connectivity index (χ3n) is 3.99. The van der Waals surface area contributed by atoms with Gasteiger partial charge in [-0.3, -0.25) is 4.79 Å². The van der Waals surface area contributed by atoms with Crippen LogP contribution in [0.1, 0.15) is 39.0 Å². The number of hydrogen-bond donors (Lipinski definition) is 1. The fraction of sp³-hybridized carbons (Fsp3) is 0.714. The second kappa shape index (κ2) is 6.70. The molecule has 5 heteroatoms. The average molecular weight is 264 g/mol. The summed E-state index contributed by atoms with van der Waals surface area (Å²) >= 11 is 0. The van der Waals surface area contributed by atoms with Crippen molar-refractivity contribution in [3.63, 3.8) is 0 Å². The molecule has 106 valence electrons. The maximum atomic E-state index is 12.3. The number of imidazole rings is 1. The fourth-order valence-corrected chi connectivity index (χ4v) is 2.84. The lowest BCUT2D eigenvalue weighted by molar-refractivity contribution is -0.134. The fourth-order valence-electron chi connectivity index (χ4n) is 2.84. The van der Waals surface area contributed by atoms with Gasteiger partial charge in [0, 0.05) is 44.0 Å². The van der Waals surface area contributed by atoms with E-state index in [0.717, 1.165) is 32.2 Å². The van der Waals surface area contributed by atoms with E-state index in [2.05, 4.69) is 11.9 Å². The lowest BCUT2D eigenvalue weighted by Gasteiger charge is -2.35. The lowest BCUT2D eigenvalue weighted by Crippen LogP contribution is -2.44. The number of aromatic nitrogens is 2. The molecule has 1 aliphatic rings. The summed E-state index contributed by atoms with van der Waals surface area (Å²) in [6.07, 6.45) is 10.1. The smallest absolute Gasteiger partial charge is 0.224 e. The molecular weight excluding hydrogens is 240 g/mol. The summed E-state index contributed by atoms with van der Waals surface area (Å²) in [5.74, 6) is 0.247. The van der Waals surface area contributed by atoms with Gasteiger partial charge in [-0.1, -0.05) is 0 Å². The Morgan fingerprint density at radius 1 is 1.42 bits per heavy atom. The Morgan fingerprint density at radius 2 is 2.16 bits per heavy atom. The summed E-state index contributed by atoms with van der Waals surface area (Å²) in [4.78, 5) is 18.3. The van der Waals surface area contributed by atoms with E-state index >= 15 is 0 Å². The Kier molecular flexibility index (Phi) is 4.96. The van der Waals surface area contributed by atoms with Crippen LogP contribution in [0.5, 0.6) is 0 Å². The quantitative estimate of drug-likeness (QED) is 0.874. The highest BCUT2D eigenvalue weighted by molar-refractivity contribution is 5.76. The molecule has 5 nitrogen and oxygen atoms in total. The topological polar surface area (TPSA) is 64.2 Å². The molecule has 1 aromatic rings. The van der Waals surface area contributed by atoms with Gasteiger partial charge in [-0.05, 0) is 32.6 Å². The number of nitrogens with zero attached hydrogens (tertiary/aromatic N) is 3. The molecule has 1 aliphatic carbocycles. The second-order valence-corrected chi connectivity index (χ2v) is 5.30. The van der Waals surface area contributed by atoms with Crippen LogP contribution in [-0.2, 0) is 11.3 Å². The Bertz CT molecular complexity index is 382. The van der Waals surface area contributed by atoms with Crippen molar-refractivity contribution in [2.75, 3.05) is 6.54 Å². The summed E-state index contributed by atoms with van der Waals surface area (Å²) in [6, 6.07) is 0.719. The van der Waals surface area contributed by atoms with Crippen LogP contribution in [0.25, 0.3) is 0 Å². The SMILES string of the molecule is CCN(C(=O)CCn1ccnc1)C1CCC(N)CC1. The van der Waals surface area contributed by atoms with Gasteiger partial charge in [0.05, 0.1) is 6.33 Å². The summed E-state index contributed by atoms with van der Waals surface area (Å²) in [7, 11) is 0. The van der Waals surface area contributed by atoms with Gasteiger partial charge in [0.25, 0.3) is 0 Å². The molecular formula is C14H24N4O. The van der Waals surface area contributed by atoms with E-state index in [1.165, 1.54) is 0 Å². The molecule has 0 aromatic carbocycles. The molecule has 1 heterocycles. The number of carbonyl (C=O) groups is 1. The third-order valence-corrected chi connectivity index (χ3v) is 3.99. The molecule has 0 bridgehead atoms. The molecule has 2 N–H and O–H groups in total. The van der Waals surface area contributed by atoms with Gasteiger partial charge in [0.15, 0.2) is 0 Å². The molecule has 1 aromatic heterocycles. The molecule has 0 radical (unpaired) electrons. The first kappa shape index (κ1) is 14.1. The predicted molar refractivity (Wildman–Crippen MR) is 74.5 cm³/mol. The van der Waals surface area contributed by atoms with Crippen molar-refractivity contribution in [2.24, 2.45) is 5.73 Å². The molecule has 1 amide bonds. The average Bonchev–Trinajstić information content (AvgIpc) is 2.92. The molecule has 2 rings (SSSR count). The maximum absolute atomic E-state index is 12.3. The number of nitrogens with two attached hydrogens (primary N) is 1. The first-order chi connectivity index (χ1) is 9.20. The van der Waals surface area contributed by atoms with Gasteiger partial charge in [0.2, 0.25) is 5.91 Å². The lowest BCUT2D eigenvalue weighted by atomic mass is 9.90. The minimum Gasteiger partial charge on any atom is -0.340 e. The van der Waals surface area contributed by atoms with E-state index in [1.54, 1.807) is 12.5 Å². The Hall–Kier alpha value is -1.36. The van der Waals surface area contributed by atoms with Crippen LogP contribution in [0.3, 0.4) is 0 Å². The summed E-state index contributed by atoms with van der Waals surface area (Å²) in [6.45, 7) is 3.56. The molecule has 0 spiro atoms. The van der Waals surface area contributed by atoms with Crippen LogP contribution in [-0.4, -0.2) is 39.0 Å². The Labute approximate surface area is 114 Å². The molecule has 0 saturated heterocycles. The standard InChI is InChI=1S/C14H24N4O/c1-2-18(13-5-3-12(15)4-6-13)14(19)7-9-17-10-8-16-11-17/h8,10-13H,2-7,9,15H2,1H3. The molecule has 1 fully saturated rings. The highest BCUT2D eigenvalue weighted by Gasteiger charge is 2.26. The first-order valence-corrected chi connectivity index (χ1v) is 7.21. The molecule has 0 unspecified atom stereocenters. The highest BCUT2D eigenvalue weighted by atomic mass is 16.2. The zero-order valence-corrected chi connectivity index (χ0v) is 11.7. The van der Waals surface area contributed by atoms with Crippen LogP contribution in [0, 0.1) is 0 Å². The van der Waals surface area contributed by atoms with E-state index in [1.807, 2.05) is 15.7 Å². The zero-order chi connectivity index (χ0) is 13.7. The van der Waals surface area contributed by atoms with Gasteiger partial charge >= 0.3 is 0 Å². The highest BCUT2D eigenvalue weighted by Crippen LogP contribution is 2.22. The normalized spacial score (nSPS) is 23.3. The predicted octanol–water partition coefficient (Wildman–Crippen LogP) is 1.39. The van der Waals surface area contributed by atoms with Gasteiger partial charge in [-0.25, -0.2) is 4.98 Å². The zero-order valence-electron chi connectivity index (χ0n) is 11.7. The van der Waals surface area contributed by atoms with Crippen LogP contribution in [0.2, 0.25) is 0 Å². The summed E-state index contributed by atoms with van der Waals surface area (Å²) in [5, 5.41) is 0. The van der Waals surface area contributed by atoms with Crippen molar-refractivity contribution in [2.45, 2.75) is 57.7 Å². The Balaban J connectivity index is 1.84. The van der Waals surface area contributed by atoms with Crippen LogP contribution >= 0.6 is 0 Å². The monoisotopic (exact) mass is 264 g/mol. The minimum absolute atomic E-state index is 0.247. The number of hydrogen-bond acceptors (Lipinski definition) is 3. The van der Waals surface area contributed by atoms with Crippen molar-refractivity contribution in [3.05, 3.63) is 18.7 Å². The summed E-state index contributed by atoms with van der Waals surface area (Å²) < 4.78 is 1.95. The largest absolute Gasteiger partial charge is 0.340 e. The molecule has 0 aliphatic heterocycles. The number of aryl methyl sites for hydroxylation is 1. The number of carbonyl (C=O) groups excluding carboxylic acids is 1. The van der Waals surface area contributed by atoms with Crippen LogP contribution in [0.15, 0.2) is 18.7 Å². The van der Waals surface area contributed by atoms with E-state index in [9.17, 15) is 4.79 Å². The Morgan fingerprint density at radius 3 is 2.74 bits per heavy atom. The van der Waals surface area contributed by atoms with Crippen molar-refractivity contribution >= 4 is 5.91 Å². The van der Waals surface area contributed by atoms with Crippen molar-refractivity contribution in [1.29, 1.82) is 0 Å². The maximum Gasteiger partial charge on any atom is 0.224 e. The van der Waals surface area contributed by atoms with Crippen LogP contribution in [0.4, 0.5) is 0 Å². The van der Waals surface area contributed by atoms with Gasteiger partial charge in [-0.15, -0.1) is 0 Å². The van der Waals surface area contributed by atoms with E-state index in [0.29, 0.717) is 25.0 Å². The summed E-state index contributed by atoms with van der Waals surface area (Å²) in [5.41, 5.74) is 5.92. The van der Waals surface area contributed by atoms with E-state index in [-0.39, 0.29) is 5.91 Å². The van der Waals surface area contributed by atoms with Gasteiger partial charge in [-0.2, -0.15) is 0 Å². The molecule has 19 heavy (non-hydrogen) atoms. The number of rotatable bonds is 5.